The summed E-state index contributed by atoms with van der Waals surface area (Å²) in [6.07, 6.45) is 3.41. The summed E-state index contributed by atoms with van der Waals surface area (Å²) in [5.41, 5.74) is 0. The molecule has 2 aromatic heterocycles. The molecule has 6 nitrogen and oxygen atoms in total. The van der Waals surface area contributed by atoms with Gasteiger partial charge in [0.1, 0.15) is 11.6 Å². The normalized spacial score (nSPS) is 16.2. The fraction of sp³-hybridized carbons (Fsp3) is 0.375. The number of likely N-dealkylation sites (tertiary alicyclic amines) is 1. The summed E-state index contributed by atoms with van der Waals surface area (Å²) in [4.78, 5) is 20.6. The quantitative estimate of drug-likeness (QED) is 0.871. The first kappa shape index (κ1) is 14.6. The number of nitrogens with zero attached hydrogens (tertiary/aromatic N) is 3. The summed E-state index contributed by atoms with van der Waals surface area (Å²) < 4.78 is 10.7. The lowest BCUT2D eigenvalue weighted by Gasteiger charge is -2.41. The number of methoxy groups -OCH3 is 1. The van der Waals surface area contributed by atoms with E-state index in [1.165, 1.54) is 0 Å². The second-order valence-corrected chi connectivity index (χ2v) is 5.29. The van der Waals surface area contributed by atoms with Crippen LogP contribution in [0.4, 0.5) is 10.6 Å². The number of hydrogen-bond acceptors (Lipinski definition) is 4. The summed E-state index contributed by atoms with van der Waals surface area (Å²) in [6, 6.07) is 8.87. The zero-order chi connectivity index (χ0) is 15.5. The Balaban J connectivity index is 1.85. The van der Waals surface area contributed by atoms with Crippen LogP contribution in [-0.2, 0) is 4.74 Å². The first-order chi connectivity index (χ1) is 10.7. The van der Waals surface area contributed by atoms with E-state index < -0.39 is 0 Å². The average molecular weight is 301 g/mol. The van der Waals surface area contributed by atoms with Crippen LogP contribution in [0.1, 0.15) is 18.7 Å². The lowest BCUT2D eigenvalue weighted by atomic mass is 10.1. The number of rotatable bonds is 4. The summed E-state index contributed by atoms with van der Waals surface area (Å²) in [7, 11) is 1.66. The molecule has 3 rings (SSSR count). The highest BCUT2D eigenvalue weighted by atomic mass is 16.5. The summed E-state index contributed by atoms with van der Waals surface area (Å²) >= 11 is 0. The molecule has 116 valence electrons. The first-order valence-corrected chi connectivity index (χ1v) is 7.26. The fourth-order valence-corrected chi connectivity index (χ4v) is 2.51. The summed E-state index contributed by atoms with van der Waals surface area (Å²) in [6.45, 7) is 3.13. The molecule has 2 amide bonds. The maximum atomic E-state index is 12.8. The highest BCUT2D eigenvalue weighted by molar-refractivity contribution is 5.92. The van der Waals surface area contributed by atoms with Crippen LogP contribution in [0.5, 0.6) is 0 Å². The van der Waals surface area contributed by atoms with Gasteiger partial charge in [-0.15, -0.1) is 0 Å². The van der Waals surface area contributed by atoms with E-state index >= 15 is 0 Å². The van der Waals surface area contributed by atoms with E-state index in [4.69, 9.17) is 9.15 Å². The third kappa shape index (κ3) is 2.69. The zero-order valence-corrected chi connectivity index (χ0v) is 12.7. The smallest absolute Gasteiger partial charge is 0.326 e. The van der Waals surface area contributed by atoms with E-state index in [-0.39, 0.29) is 18.2 Å². The number of furan rings is 1. The van der Waals surface area contributed by atoms with Gasteiger partial charge >= 0.3 is 6.03 Å². The fourth-order valence-electron chi connectivity index (χ4n) is 2.51. The van der Waals surface area contributed by atoms with E-state index in [9.17, 15) is 4.79 Å². The lowest BCUT2D eigenvalue weighted by Crippen LogP contribution is -2.58. The molecule has 0 spiro atoms. The number of carbonyl (C=O) groups is 1. The van der Waals surface area contributed by atoms with Gasteiger partial charge in [-0.25, -0.2) is 9.78 Å². The molecule has 1 saturated heterocycles. The first-order valence-electron chi connectivity index (χ1n) is 7.26. The topological polar surface area (TPSA) is 58.8 Å². The van der Waals surface area contributed by atoms with Crippen molar-refractivity contribution in [1.29, 1.82) is 0 Å². The van der Waals surface area contributed by atoms with Crippen LogP contribution in [0.15, 0.2) is 47.2 Å². The number of pyridine rings is 1. The van der Waals surface area contributed by atoms with Gasteiger partial charge in [0, 0.05) is 13.3 Å². The van der Waals surface area contributed by atoms with Crippen molar-refractivity contribution in [3.05, 3.63) is 48.6 Å². The van der Waals surface area contributed by atoms with Crippen LogP contribution < -0.4 is 4.90 Å². The van der Waals surface area contributed by atoms with Crippen LogP contribution in [-0.4, -0.2) is 42.2 Å². The van der Waals surface area contributed by atoms with Crippen molar-refractivity contribution in [3.8, 4) is 0 Å². The molecule has 6 heteroatoms. The second-order valence-electron chi connectivity index (χ2n) is 5.29. The number of carbonyl (C=O) groups excluding carboxylic acids is 1. The zero-order valence-electron chi connectivity index (χ0n) is 12.7. The van der Waals surface area contributed by atoms with E-state index in [0.717, 1.165) is 5.76 Å². The molecule has 1 atom stereocenters. The van der Waals surface area contributed by atoms with Crippen molar-refractivity contribution < 1.29 is 13.9 Å². The Bertz CT molecular complexity index is 609. The molecule has 22 heavy (non-hydrogen) atoms. The molecule has 0 unspecified atom stereocenters. The molecule has 3 heterocycles. The third-order valence-electron chi connectivity index (χ3n) is 3.90. The van der Waals surface area contributed by atoms with E-state index in [1.54, 1.807) is 29.4 Å². The van der Waals surface area contributed by atoms with Crippen molar-refractivity contribution >= 4 is 11.8 Å². The van der Waals surface area contributed by atoms with E-state index in [0.29, 0.717) is 18.9 Å². The lowest BCUT2D eigenvalue weighted by molar-refractivity contribution is -0.00654. The molecule has 0 radical (unpaired) electrons. The van der Waals surface area contributed by atoms with Crippen LogP contribution in [0.2, 0.25) is 0 Å². The molecular formula is C16H19N3O3. The Labute approximate surface area is 129 Å². The monoisotopic (exact) mass is 301 g/mol. The molecule has 2 aromatic rings. The van der Waals surface area contributed by atoms with Gasteiger partial charge in [0.05, 0.1) is 31.5 Å². The van der Waals surface area contributed by atoms with Gasteiger partial charge in [-0.05, 0) is 31.2 Å². The Hall–Kier alpha value is -2.34. The number of anilines is 1. The van der Waals surface area contributed by atoms with Crippen LogP contribution in [0, 0.1) is 0 Å². The Kier molecular flexibility index (Phi) is 4.11. The molecular weight excluding hydrogens is 282 g/mol. The van der Waals surface area contributed by atoms with Crippen molar-refractivity contribution in [2.45, 2.75) is 19.1 Å². The van der Waals surface area contributed by atoms with Gasteiger partial charge in [0.25, 0.3) is 0 Å². The number of hydrogen-bond donors (Lipinski definition) is 0. The Morgan fingerprint density at radius 2 is 2.23 bits per heavy atom. The summed E-state index contributed by atoms with van der Waals surface area (Å²) in [5.74, 6) is 1.33. The predicted octanol–water partition coefficient (Wildman–Crippen LogP) is 2.69. The largest absolute Gasteiger partial charge is 0.467 e. The summed E-state index contributed by atoms with van der Waals surface area (Å²) in [5, 5.41) is 0. The molecule has 0 aliphatic carbocycles. The minimum atomic E-state index is -0.237. The van der Waals surface area contributed by atoms with E-state index in [2.05, 4.69) is 4.98 Å². The van der Waals surface area contributed by atoms with Gasteiger partial charge in [-0.3, -0.25) is 4.90 Å². The molecule has 1 fully saturated rings. The second kappa shape index (κ2) is 6.19. The minimum Gasteiger partial charge on any atom is -0.467 e. The number of ether oxygens (including phenoxy) is 1. The van der Waals surface area contributed by atoms with Gasteiger partial charge in [0.15, 0.2) is 0 Å². The molecule has 0 N–H and O–H groups in total. The average Bonchev–Trinajstić information content (AvgIpc) is 3.01. The number of urea groups is 1. The van der Waals surface area contributed by atoms with Crippen molar-refractivity contribution in [3.63, 3.8) is 0 Å². The molecule has 0 saturated carbocycles. The molecule has 1 aliphatic heterocycles. The SMILES string of the molecule is COC1CN(C(=O)N(c2ccccn2)[C@H](C)c2ccco2)C1. The van der Waals surface area contributed by atoms with Gasteiger partial charge in [-0.2, -0.15) is 0 Å². The molecule has 0 bridgehead atoms. The maximum Gasteiger partial charge on any atom is 0.326 e. The Morgan fingerprint density at radius 3 is 2.82 bits per heavy atom. The Morgan fingerprint density at radius 1 is 1.41 bits per heavy atom. The van der Waals surface area contributed by atoms with Crippen LogP contribution in [0.25, 0.3) is 0 Å². The highest BCUT2D eigenvalue weighted by Gasteiger charge is 2.36. The number of aromatic nitrogens is 1. The van der Waals surface area contributed by atoms with Gasteiger partial charge < -0.3 is 14.1 Å². The predicted molar refractivity (Wildman–Crippen MR) is 81.6 cm³/mol. The van der Waals surface area contributed by atoms with Crippen molar-refractivity contribution in [1.82, 2.24) is 9.88 Å². The standard InChI is InChI=1S/C16H19N3O3/c1-12(14-6-5-9-22-14)19(15-7-3-4-8-17-15)16(20)18-10-13(11-18)21-2/h3-9,12-13H,10-11H2,1-2H3/t12-/m1/s1. The van der Waals surface area contributed by atoms with Gasteiger partial charge in [-0.1, -0.05) is 6.07 Å². The van der Waals surface area contributed by atoms with E-state index in [1.807, 2.05) is 37.3 Å². The highest BCUT2D eigenvalue weighted by Crippen LogP contribution is 2.28. The van der Waals surface area contributed by atoms with Crippen molar-refractivity contribution in [2.75, 3.05) is 25.1 Å². The van der Waals surface area contributed by atoms with Crippen LogP contribution >= 0.6 is 0 Å². The van der Waals surface area contributed by atoms with Crippen molar-refractivity contribution in [2.24, 2.45) is 0 Å². The van der Waals surface area contributed by atoms with Gasteiger partial charge in [0.2, 0.25) is 0 Å². The molecule has 0 aromatic carbocycles. The third-order valence-corrected chi connectivity index (χ3v) is 3.90. The minimum absolute atomic E-state index is 0.0871. The number of amides is 2. The maximum absolute atomic E-state index is 12.8. The molecule has 1 aliphatic rings. The van der Waals surface area contributed by atoms with Crippen LogP contribution in [0.3, 0.4) is 0 Å².